The van der Waals surface area contributed by atoms with Gasteiger partial charge in [0.1, 0.15) is 22.6 Å². The summed E-state index contributed by atoms with van der Waals surface area (Å²) in [6.07, 6.45) is 3.18. The summed E-state index contributed by atoms with van der Waals surface area (Å²) >= 11 is 0. The molecule has 2 saturated heterocycles. The predicted molar refractivity (Wildman–Crippen MR) is 131 cm³/mol. The van der Waals surface area contributed by atoms with Gasteiger partial charge < -0.3 is 24.3 Å². The molecule has 2 atom stereocenters. The number of aromatic nitrogens is 4. The lowest BCUT2D eigenvalue weighted by atomic mass is 10.0. The Morgan fingerprint density at radius 1 is 1.18 bits per heavy atom. The van der Waals surface area contributed by atoms with E-state index in [0.717, 1.165) is 41.2 Å². The van der Waals surface area contributed by atoms with E-state index >= 15 is 0 Å². The van der Waals surface area contributed by atoms with E-state index in [-0.39, 0.29) is 6.09 Å². The maximum absolute atomic E-state index is 12.5. The van der Waals surface area contributed by atoms with Crippen molar-refractivity contribution in [3.05, 3.63) is 36.7 Å². The standard InChI is InChI=1S/C25H30N6O3/c1-6-15-9-16(7-8-19(15)33-5)20-21-22(27-14-26-21)29-23(28-20)30-10-17-12-31(13-18(17)11-30)24(32)34-25(2,3)4/h6-9,14,17-18H,1,10-13H2,2-5H3,(H,26,27,28,29). The van der Waals surface area contributed by atoms with Crippen LogP contribution in [0.1, 0.15) is 26.3 Å². The average molecular weight is 463 g/mol. The fourth-order valence-corrected chi connectivity index (χ4v) is 4.84. The van der Waals surface area contributed by atoms with Gasteiger partial charge in [-0.3, -0.25) is 0 Å². The Kier molecular flexibility index (Phi) is 5.42. The third-order valence-corrected chi connectivity index (χ3v) is 6.41. The Bertz CT molecular complexity index is 1230. The van der Waals surface area contributed by atoms with Crippen LogP contribution in [0.3, 0.4) is 0 Å². The number of ether oxygens (including phenoxy) is 2. The topological polar surface area (TPSA) is 96.5 Å². The van der Waals surface area contributed by atoms with Gasteiger partial charge in [-0.25, -0.2) is 14.8 Å². The molecule has 9 heteroatoms. The van der Waals surface area contributed by atoms with Crippen LogP contribution < -0.4 is 9.64 Å². The number of likely N-dealkylation sites (tertiary alicyclic amines) is 1. The minimum absolute atomic E-state index is 0.233. The van der Waals surface area contributed by atoms with Crippen LogP contribution in [0.5, 0.6) is 5.75 Å². The number of benzene rings is 1. The number of H-pyrrole nitrogens is 1. The first-order valence-corrected chi connectivity index (χ1v) is 11.5. The molecule has 2 fully saturated rings. The zero-order chi connectivity index (χ0) is 24.0. The summed E-state index contributed by atoms with van der Waals surface area (Å²) in [5.74, 6) is 2.16. The molecular formula is C25H30N6O3. The Morgan fingerprint density at radius 3 is 2.56 bits per heavy atom. The molecule has 178 valence electrons. The van der Waals surface area contributed by atoms with Crippen molar-refractivity contribution >= 4 is 29.3 Å². The molecule has 4 heterocycles. The van der Waals surface area contributed by atoms with Gasteiger partial charge in [-0.2, -0.15) is 4.98 Å². The van der Waals surface area contributed by atoms with Gasteiger partial charge in [0.2, 0.25) is 5.95 Å². The number of methoxy groups -OCH3 is 1. The molecule has 34 heavy (non-hydrogen) atoms. The Labute approximate surface area is 198 Å². The lowest BCUT2D eigenvalue weighted by Gasteiger charge is -2.26. The molecule has 0 radical (unpaired) electrons. The van der Waals surface area contributed by atoms with Crippen molar-refractivity contribution in [2.45, 2.75) is 26.4 Å². The highest BCUT2D eigenvalue weighted by molar-refractivity contribution is 5.89. The number of amides is 1. The number of rotatable bonds is 4. The van der Waals surface area contributed by atoms with Gasteiger partial charge in [0.15, 0.2) is 5.65 Å². The van der Waals surface area contributed by atoms with Crippen molar-refractivity contribution in [3.8, 4) is 17.0 Å². The number of hydrogen-bond acceptors (Lipinski definition) is 7. The van der Waals surface area contributed by atoms with Crippen LogP contribution in [-0.2, 0) is 4.74 Å². The predicted octanol–water partition coefficient (Wildman–Crippen LogP) is 3.97. The highest BCUT2D eigenvalue weighted by Gasteiger charge is 2.43. The summed E-state index contributed by atoms with van der Waals surface area (Å²) in [5, 5.41) is 0. The quantitative estimate of drug-likeness (QED) is 0.627. The van der Waals surface area contributed by atoms with Crippen molar-refractivity contribution < 1.29 is 14.3 Å². The number of fused-ring (bicyclic) bond motifs is 2. The zero-order valence-electron chi connectivity index (χ0n) is 20.0. The normalized spacial score (nSPS) is 20.0. The molecule has 0 saturated carbocycles. The molecule has 0 spiro atoms. The molecule has 2 aliphatic heterocycles. The second kappa shape index (κ2) is 8.30. The average Bonchev–Trinajstić information content (AvgIpc) is 3.51. The van der Waals surface area contributed by atoms with Crippen molar-refractivity contribution in [2.75, 3.05) is 38.2 Å². The minimum Gasteiger partial charge on any atom is -0.496 e. The molecule has 2 unspecified atom stereocenters. The maximum atomic E-state index is 12.5. The molecule has 2 aromatic heterocycles. The van der Waals surface area contributed by atoms with Gasteiger partial charge >= 0.3 is 6.09 Å². The number of carbonyl (C=O) groups excluding carboxylic acids is 1. The molecular weight excluding hydrogens is 432 g/mol. The van der Waals surface area contributed by atoms with Crippen molar-refractivity contribution in [1.29, 1.82) is 0 Å². The fourth-order valence-electron chi connectivity index (χ4n) is 4.84. The molecule has 0 aliphatic carbocycles. The summed E-state index contributed by atoms with van der Waals surface area (Å²) in [5.41, 5.74) is 3.51. The maximum Gasteiger partial charge on any atom is 0.410 e. The number of aromatic amines is 1. The van der Waals surface area contributed by atoms with Gasteiger partial charge in [0.05, 0.1) is 13.4 Å². The first-order chi connectivity index (χ1) is 16.3. The van der Waals surface area contributed by atoms with Gasteiger partial charge in [0, 0.05) is 49.1 Å². The van der Waals surface area contributed by atoms with E-state index in [2.05, 4.69) is 21.4 Å². The second-order valence-electron chi connectivity index (χ2n) is 9.94. The number of carbonyl (C=O) groups is 1. The van der Waals surface area contributed by atoms with E-state index < -0.39 is 5.60 Å². The monoisotopic (exact) mass is 462 g/mol. The number of hydrogen-bond donors (Lipinski definition) is 1. The Morgan fingerprint density at radius 2 is 1.91 bits per heavy atom. The molecule has 1 amide bonds. The van der Waals surface area contributed by atoms with Crippen LogP contribution >= 0.6 is 0 Å². The second-order valence-corrected chi connectivity index (χ2v) is 9.94. The highest BCUT2D eigenvalue weighted by atomic mass is 16.6. The van der Waals surface area contributed by atoms with E-state index in [1.807, 2.05) is 43.9 Å². The van der Waals surface area contributed by atoms with Gasteiger partial charge in [-0.15, -0.1) is 0 Å². The summed E-state index contributed by atoms with van der Waals surface area (Å²) < 4.78 is 11.0. The third kappa shape index (κ3) is 4.06. The van der Waals surface area contributed by atoms with E-state index in [4.69, 9.17) is 19.4 Å². The van der Waals surface area contributed by atoms with Crippen molar-refractivity contribution in [3.63, 3.8) is 0 Å². The van der Waals surface area contributed by atoms with E-state index in [0.29, 0.717) is 36.5 Å². The number of nitrogens with one attached hydrogen (secondary N) is 1. The molecule has 1 aromatic carbocycles. The van der Waals surface area contributed by atoms with E-state index in [9.17, 15) is 4.79 Å². The lowest BCUT2D eigenvalue weighted by molar-refractivity contribution is 0.0282. The van der Waals surface area contributed by atoms with Crippen LogP contribution in [0, 0.1) is 11.8 Å². The van der Waals surface area contributed by atoms with E-state index in [1.165, 1.54) is 0 Å². The largest absolute Gasteiger partial charge is 0.496 e. The minimum atomic E-state index is -0.489. The summed E-state index contributed by atoms with van der Waals surface area (Å²) in [6.45, 7) is 12.6. The summed E-state index contributed by atoms with van der Waals surface area (Å²) in [4.78, 5) is 33.8. The summed E-state index contributed by atoms with van der Waals surface area (Å²) in [6, 6.07) is 5.89. The molecule has 3 aromatic rings. The highest BCUT2D eigenvalue weighted by Crippen LogP contribution is 2.36. The molecule has 9 nitrogen and oxygen atoms in total. The molecule has 5 rings (SSSR count). The number of nitrogens with zero attached hydrogens (tertiary/aromatic N) is 5. The fraction of sp³-hybridized carbons (Fsp3) is 0.440. The smallest absolute Gasteiger partial charge is 0.410 e. The Balaban J connectivity index is 1.40. The first-order valence-electron chi connectivity index (χ1n) is 11.5. The number of imidazole rings is 1. The lowest BCUT2D eigenvalue weighted by Crippen LogP contribution is -2.37. The first kappa shape index (κ1) is 22.2. The Hall–Kier alpha value is -3.62. The SMILES string of the molecule is C=Cc1cc(-c2nc(N3CC4CN(C(=O)OC(C)(C)C)CC4C3)nc3[nH]cnc23)ccc1OC. The summed E-state index contributed by atoms with van der Waals surface area (Å²) in [7, 11) is 1.64. The zero-order valence-corrected chi connectivity index (χ0v) is 20.0. The molecule has 1 N–H and O–H groups in total. The van der Waals surface area contributed by atoms with Crippen LogP contribution in [0.4, 0.5) is 10.7 Å². The molecule has 0 bridgehead atoms. The third-order valence-electron chi connectivity index (χ3n) is 6.41. The van der Waals surface area contributed by atoms with Gasteiger partial charge in [0.25, 0.3) is 0 Å². The van der Waals surface area contributed by atoms with Crippen molar-refractivity contribution in [1.82, 2.24) is 24.8 Å². The number of anilines is 1. The van der Waals surface area contributed by atoms with Crippen LogP contribution in [0.15, 0.2) is 31.1 Å². The van der Waals surface area contributed by atoms with Crippen LogP contribution in [0.2, 0.25) is 0 Å². The molecule has 2 aliphatic rings. The van der Waals surface area contributed by atoms with Crippen LogP contribution in [0.25, 0.3) is 28.5 Å². The van der Waals surface area contributed by atoms with Crippen molar-refractivity contribution in [2.24, 2.45) is 11.8 Å². The van der Waals surface area contributed by atoms with Gasteiger partial charge in [-0.05, 0) is 39.0 Å². The van der Waals surface area contributed by atoms with E-state index in [1.54, 1.807) is 19.5 Å². The van der Waals surface area contributed by atoms with Gasteiger partial charge in [-0.1, -0.05) is 12.7 Å². The van der Waals surface area contributed by atoms with Crippen LogP contribution in [-0.4, -0.2) is 69.8 Å².